The standard InChI is InChI=1S/C37H48O6S2.C18H14OS.2C12H18F6O3.C12H17NO2.C12H16O3/c1-20(2)29-19-35(21(3)10-36(29)44(38,39)40)43-45(41,42)37-33(31-15-23-5-8-26(31)12-23)17-28(30-14-22-4-7-25(30)11-22)18-34(37)32-16-24-6-9-27(32)13-24;1-6-12-20(13-7-1)18-14-8-2-4-10-16(14)19-17-11-5-3-9-15(17)18;2*1-6-8(2,3)7(19)21-9(4,5)10(20,11(13,14)15)12(16,17)18;1-4-12(2,3)11(15)13-9-5-7-10(14)8-6-9;1-4-12(2,3)11(14)15-10-7-5-9(13)6-8-10/h10,17-20,22-27,30-32H,4-9,11-16H2,1-3H3,(H,38,39,40);1-13,18H;2*20H,6H2,1-5H3;5-8,14H,4H2,1-3H3,(H,13,15);5-8,13H,4H2,1-3H3. The molecule has 6 aliphatic carbocycles. The van der Waals surface area contributed by atoms with Crippen LogP contribution < -0.4 is 19.0 Å². The number of allylic oxidation sites excluding steroid dienone is 3. The number of halogens is 12. The molecule has 5 N–H and O–H groups in total. The van der Waals surface area contributed by atoms with E-state index in [0.717, 1.165) is 54.2 Å². The maximum Gasteiger partial charge on any atom is 0.430 e. The third-order valence-corrected chi connectivity index (χ3v) is 33.4. The number of esters is 3. The van der Waals surface area contributed by atoms with Gasteiger partial charge in [-0.15, -0.1) is 10.5 Å². The fraction of sp³-hybridized carbons (Fsp3) is 0.563. The van der Waals surface area contributed by atoms with Crippen LogP contribution >= 0.6 is 0 Å². The van der Waals surface area contributed by atoms with Gasteiger partial charge in [0.2, 0.25) is 5.91 Å². The summed E-state index contributed by atoms with van der Waals surface area (Å²) in [5, 5.41) is 44.6. The Hall–Kier alpha value is -8.96. The number of carbonyl (C=O) groups is 4. The maximum absolute atomic E-state index is 14.8. The van der Waals surface area contributed by atoms with Crippen molar-refractivity contribution in [3.8, 4) is 34.5 Å². The van der Waals surface area contributed by atoms with E-state index in [4.69, 9.17) is 23.9 Å². The van der Waals surface area contributed by atoms with Crippen molar-refractivity contribution in [2.24, 2.45) is 57.2 Å². The van der Waals surface area contributed by atoms with Crippen LogP contribution in [0.1, 0.15) is 295 Å². The van der Waals surface area contributed by atoms with Crippen LogP contribution in [0.15, 0.2) is 155 Å². The molecule has 6 fully saturated rings. The third-order valence-electron chi connectivity index (χ3n) is 29.0. The van der Waals surface area contributed by atoms with Gasteiger partial charge in [0.05, 0.1) is 31.9 Å². The van der Waals surface area contributed by atoms with Gasteiger partial charge in [0, 0.05) is 22.2 Å². The van der Waals surface area contributed by atoms with E-state index in [0.29, 0.717) is 90.3 Å². The van der Waals surface area contributed by atoms with Crippen molar-refractivity contribution in [1.82, 2.24) is 0 Å². The normalized spacial score (nSPS) is 21.5. The molecular weight excluding hydrogens is 1860 g/mol. The van der Waals surface area contributed by atoms with Crippen molar-refractivity contribution in [2.75, 3.05) is 5.32 Å². The molecule has 8 aliphatic rings. The highest BCUT2D eigenvalue weighted by Crippen LogP contribution is 2.62. The van der Waals surface area contributed by atoms with E-state index in [-0.39, 0.29) is 86.1 Å². The summed E-state index contributed by atoms with van der Waals surface area (Å²) in [4.78, 5) is 47.0. The number of thiol groups is 1. The molecule has 6 aromatic carbocycles. The Labute approximate surface area is 798 Å². The van der Waals surface area contributed by atoms with E-state index in [2.05, 4.69) is 92.3 Å². The Morgan fingerprint density at radius 1 is 0.489 bits per heavy atom. The van der Waals surface area contributed by atoms with Gasteiger partial charge in [-0.1, -0.05) is 129 Å². The minimum Gasteiger partial charge on any atom is -0.744 e. The number of anilines is 1. The Morgan fingerprint density at radius 2 is 0.876 bits per heavy atom. The largest absolute Gasteiger partial charge is 0.744 e. The summed E-state index contributed by atoms with van der Waals surface area (Å²) in [6.07, 6.45) is -1.58. The monoisotopic (exact) mass is 1990 g/mol. The van der Waals surface area contributed by atoms with Crippen molar-refractivity contribution in [3.05, 3.63) is 184 Å². The minimum absolute atomic E-state index is 0.00399. The molecule has 0 radical (unpaired) electrons. The van der Waals surface area contributed by atoms with Crippen LogP contribution in [-0.4, -0.2) is 118 Å². The predicted molar refractivity (Wildman–Crippen MR) is 501 cm³/mol. The van der Waals surface area contributed by atoms with Crippen molar-refractivity contribution in [2.45, 2.75) is 320 Å². The van der Waals surface area contributed by atoms with Gasteiger partial charge in [0.25, 0.3) is 11.2 Å². The summed E-state index contributed by atoms with van der Waals surface area (Å²) in [5.41, 5.74) is -12.9. The van der Waals surface area contributed by atoms with Crippen LogP contribution in [0, 0.1) is 64.1 Å². The van der Waals surface area contributed by atoms with Crippen LogP contribution in [0.4, 0.5) is 58.4 Å². The van der Waals surface area contributed by atoms with E-state index >= 15 is 0 Å². The van der Waals surface area contributed by atoms with Crippen LogP contribution in [0.3, 0.4) is 0 Å². The van der Waals surface area contributed by atoms with E-state index in [1.54, 1.807) is 57.2 Å². The zero-order valence-electron chi connectivity index (χ0n) is 80.9. The molecule has 0 aromatic heterocycles. The Morgan fingerprint density at radius 3 is 1.23 bits per heavy atom. The second-order valence-electron chi connectivity index (χ2n) is 41.1. The number of carbonyl (C=O) groups excluding carboxylic acids is 4. The van der Waals surface area contributed by atoms with E-state index in [1.807, 2.05) is 53.7 Å². The minimum atomic E-state index is -6.06. The van der Waals surface area contributed by atoms with Crippen molar-refractivity contribution < 1.29 is 137 Å². The fourth-order valence-corrected chi connectivity index (χ4v) is 23.3. The summed E-state index contributed by atoms with van der Waals surface area (Å²) in [6, 6.07) is 36.7. The number of aryl methyl sites for hydroxylation is 1. The molecule has 2 aliphatic heterocycles. The lowest BCUT2D eigenvalue weighted by Crippen LogP contribution is -2.70. The number of ether oxygens (including phenoxy) is 4. The number of rotatable bonds is 23. The first-order valence-electron chi connectivity index (χ1n) is 46.4. The van der Waals surface area contributed by atoms with Gasteiger partial charge in [-0.25, -0.2) is 8.42 Å². The molecular formula is C103H131F12NO18S3. The highest BCUT2D eigenvalue weighted by atomic mass is 32.2. The number of nitrogens with one attached hydrogen (secondary N) is 1. The topological polar surface area (TPSA) is 299 Å². The molecule has 0 saturated heterocycles. The fourth-order valence-electron chi connectivity index (χ4n) is 18.8. The van der Waals surface area contributed by atoms with Gasteiger partial charge >= 0.3 is 52.7 Å². The van der Waals surface area contributed by atoms with Crippen LogP contribution in [0.25, 0.3) is 0 Å². The number of alkyl halides is 12. The first-order chi connectivity index (χ1) is 63.1. The second-order valence-corrected chi connectivity index (χ2v) is 46.0. The molecule has 6 saturated carbocycles. The van der Waals surface area contributed by atoms with Gasteiger partial charge in [-0.3, -0.25) is 19.2 Å². The Kier molecular flexibility index (Phi) is 34.6. The maximum atomic E-state index is 14.8. The molecule has 137 heavy (non-hydrogen) atoms. The molecule has 0 spiro atoms. The average molecular weight is 2000 g/mol. The number of aromatic hydroxyl groups is 2. The predicted octanol–water partition coefficient (Wildman–Crippen LogP) is 25.3. The number of aliphatic hydroxyl groups is 2. The molecule has 14 rings (SSSR count). The number of hydrogen-bond acceptors (Lipinski definition) is 18. The van der Waals surface area contributed by atoms with Crippen molar-refractivity contribution >= 4 is 65.6 Å². The van der Waals surface area contributed by atoms with Gasteiger partial charge in [-0.05, 0) is 332 Å². The molecule has 19 nitrogen and oxygen atoms in total. The van der Waals surface area contributed by atoms with Gasteiger partial charge in [0.1, 0.15) is 54.8 Å². The van der Waals surface area contributed by atoms with Crippen LogP contribution in [0.2, 0.25) is 0 Å². The van der Waals surface area contributed by atoms with Gasteiger partial charge < -0.3 is 53.4 Å². The summed E-state index contributed by atoms with van der Waals surface area (Å²) in [5.74, 6) is 4.71. The number of amides is 1. The summed E-state index contributed by atoms with van der Waals surface area (Å²) >= 11 is 0. The lowest BCUT2D eigenvalue weighted by molar-refractivity contribution is -0.408. The molecule has 758 valence electrons. The first-order valence-corrected chi connectivity index (χ1v) is 50.8. The highest BCUT2D eigenvalue weighted by molar-refractivity contribution is 7.98. The molecule has 10 unspecified atom stereocenters. The summed E-state index contributed by atoms with van der Waals surface area (Å²) in [7, 11) is -9.34. The second kappa shape index (κ2) is 42.5. The number of benzene rings is 6. The number of phenols is 2. The summed E-state index contributed by atoms with van der Waals surface area (Å²) in [6.45, 7) is 26.4. The zero-order valence-corrected chi connectivity index (χ0v) is 83.4. The lowest BCUT2D eigenvalue weighted by Gasteiger charge is -2.44. The number of fused-ring (bicyclic) bond motifs is 8. The van der Waals surface area contributed by atoms with Crippen molar-refractivity contribution in [3.63, 3.8) is 0 Å². The van der Waals surface area contributed by atoms with Crippen LogP contribution in [0.5, 0.6) is 34.5 Å². The zero-order chi connectivity index (χ0) is 103. The molecule has 10 atom stereocenters. The van der Waals surface area contributed by atoms with Crippen molar-refractivity contribution in [1.29, 1.82) is 0 Å². The van der Waals surface area contributed by atoms with Gasteiger partial charge in [0.15, 0.2) is 11.2 Å². The van der Waals surface area contributed by atoms with E-state index in [9.17, 15) is 103 Å². The average Bonchev–Trinajstić information content (AvgIpc) is 1.72. The molecule has 1 amide bonds. The molecule has 2 heterocycles. The van der Waals surface area contributed by atoms with E-state index in [1.165, 1.54) is 147 Å². The SMILES string of the molecule is C1=CC=[SH+](C2c3ccccc3Oc3ccccc32)C=C1.CCC(C)(C)C(=O)Nc1ccc(O)cc1.CCC(C)(C)C(=O)OC(C)(C)C(O)(C(F)(F)F)C(F)(F)F.CCC(C)(C)C(=O)OC(C)(C)C(O)(C(F)(F)F)C(F)(F)F.CCC(C)(C)C(=O)Oc1ccc(O)cc1.Cc1cc(S(=O)(=O)[O-])c(C(C)C)cc1OS(=O)(=O)c1c(C2CC3CCC2C3)cc(C2CC3CCC2C3)cc1C1CC2CCC1C2. The Balaban J connectivity index is 0.000000196. The van der Waals surface area contributed by atoms with Crippen LogP contribution in [-0.2, 0) is 59.4 Å². The number of hydrogen-bond donors (Lipinski definition) is 5. The molecule has 34 heteroatoms. The van der Waals surface area contributed by atoms with Gasteiger partial charge in [-0.2, -0.15) is 61.1 Å². The third kappa shape index (κ3) is 25.1. The number of phenolic OH excluding ortho intramolecular Hbond substituents is 2. The number of para-hydroxylation sites is 2. The summed E-state index contributed by atoms with van der Waals surface area (Å²) < 4.78 is 245. The smallest absolute Gasteiger partial charge is 0.430 e. The quantitative estimate of drug-likeness (QED) is 0.00458. The first kappa shape index (κ1) is 112. The van der Waals surface area contributed by atoms with E-state index < -0.39 is 95.5 Å². The Bertz CT molecular complexity index is 5350. The molecule has 6 bridgehead atoms. The lowest BCUT2D eigenvalue weighted by atomic mass is 9.75. The molecule has 6 aromatic rings. The highest BCUT2D eigenvalue weighted by Gasteiger charge is 2.80.